The van der Waals surface area contributed by atoms with Gasteiger partial charge in [0.25, 0.3) is 0 Å². The van der Waals surface area contributed by atoms with Crippen molar-refractivity contribution in [3.63, 3.8) is 0 Å². The molecule has 1 saturated heterocycles. The van der Waals surface area contributed by atoms with Gasteiger partial charge in [-0.1, -0.05) is 6.58 Å². The first-order valence-corrected chi connectivity index (χ1v) is 13.3. The van der Waals surface area contributed by atoms with E-state index in [-0.39, 0.29) is 18.2 Å². The molecule has 0 saturated carbocycles. The lowest BCUT2D eigenvalue weighted by Crippen LogP contribution is -2.46. The molecular weight excluding hydrogens is 508 g/mol. The molecule has 1 fully saturated rings. The molecule has 0 spiro atoms. The fourth-order valence-electron chi connectivity index (χ4n) is 5.10. The maximum absolute atomic E-state index is 13.4. The van der Waals surface area contributed by atoms with Gasteiger partial charge in [-0.15, -0.1) is 0 Å². The van der Waals surface area contributed by atoms with Gasteiger partial charge in [0.1, 0.15) is 17.3 Å². The summed E-state index contributed by atoms with van der Waals surface area (Å²) in [6, 6.07) is 11.2. The second-order valence-corrected chi connectivity index (χ2v) is 9.90. The number of urea groups is 1. The average molecular weight is 543 g/mol. The number of allylic oxidation sites excluding steroid dienone is 1. The number of piperidine rings is 1. The number of ether oxygens (including phenoxy) is 2. The number of anilines is 5. The fourth-order valence-corrected chi connectivity index (χ4v) is 5.10. The number of amides is 2. The van der Waals surface area contributed by atoms with Crippen molar-refractivity contribution >= 4 is 40.6 Å². The smallest absolute Gasteiger partial charge is 0.330 e. The Kier molecular flexibility index (Phi) is 7.86. The number of hydrogen-bond acceptors (Lipinski definition) is 8. The lowest BCUT2D eigenvalue weighted by atomic mass is 10.0. The Hall–Kier alpha value is -4.60. The first-order chi connectivity index (χ1) is 19.4. The molecular formula is C30H34N6O4. The molecule has 10 heteroatoms. The van der Waals surface area contributed by atoms with Gasteiger partial charge in [-0.2, -0.15) is 4.98 Å². The number of nitrogens with one attached hydrogen (secondary N) is 1. The van der Waals surface area contributed by atoms with E-state index in [4.69, 9.17) is 9.47 Å². The monoisotopic (exact) mass is 542 g/mol. The molecule has 0 atom stereocenters. The van der Waals surface area contributed by atoms with Gasteiger partial charge in [-0.05, 0) is 49.1 Å². The van der Waals surface area contributed by atoms with E-state index < -0.39 is 0 Å². The molecule has 0 unspecified atom stereocenters. The van der Waals surface area contributed by atoms with Crippen LogP contribution in [0, 0.1) is 0 Å². The first-order valence-electron chi connectivity index (χ1n) is 13.3. The molecule has 2 aliphatic rings. The van der Waals surface area contributed by atoms with Crippen molar-refractivity contribution in [1.29, 1.82) is 0 Å². The van der Waals surface area contributed by atoms with Crippen LogP contribution in [0.1, 0.15) is 30.4 Å². The van der Waals surface area contributed by atoms with Crippen LogP contribution in [0.3, 0.4) is 0 Å². The Balaban J connectivity index is 1.42. The zero-order valence-corrected chi connectivity index (χ0v) is 23.1. The lowest BCUT2D eigenvalue weighted by Gasteiger charge is -2.34. The van der Waals surface area contributed by atoms with Crippen LogP contribution < -0.4 is 29.5 Å². The summed E-state index contributed by atoms with van der Waals surface area (Å²) < 4.78 is 10.8. The van der Waals surface area contributed by atoms with E-state index in [2.05, 4.69) is 38.9 Å². The topological polar surface area (TPSA) is 100 Å². The molecule has 0 aliphatic carbocycles. The number of fused-ring (bicyclic) bond motifs is 1. The summed E-state index contributed by atoms with van der Waals surface area (Å²) in [6.45, 7) is 5.94. The number of rotatable bonds is 9. The Bertz CT molecular complexity index is 1410. The van der Waals surface area contributed by atoms with Gasteiger partial charge in [0, 0.05) is 67.9 Å². The first kappa shape index (κ1) is 27.0. The summed E-state index contributed by atoms with van der Waals surface area (Å²) in [5, 5.41) is 3.28. The van der Waals surface area contributed by atoms with Gasteiger partial charge in [-0.3, -0.25) is 14.6 Å². The Morgan fingerprint density at radius 3 is 2.45 bits per heavy atom. The van der Waals surface area contributed by atoms with Crippen molar-refractivity contribution in [3.05, 3.63) is 66.4 Å². The third-order valence-electron chi connectivity index (χ3n) is 7.30. The van der Waals surface area contributed by atoms with E-state index in [0.717, 1.165) is 35.6 Å². The molecule has 40 heavy (non-hydrogen) atoms. The minimum Gasteiger partial charge on any atom is -0.497 e. The lowest BCUT2D eigenvalue weighted by molar-refractivity contribution is -0.114. The molecule has 0 bridgehead atoms. The summed E-state index contributed by atoms with van der Waals surface area (Å²) in [5.41, 5.74) is 4.12. The van der Waals surface area contributed by atoms with E-state index in [0.29, 0.717) is 35.5 Å². The molecule has 2 amide bonds. The molecule has 1 aromatic heterocycles. The van der Waals surface area contributed by atoms with Crippen LogP contribution in [0.25, 0.3) is 0 Å². The van der Waals surface area contributed by atoms with Crippen LogP contribution in [0.2, 0.25) is 0 Å². The minimum atomic E-state index is -0.240. The fraction of sp³-hybridized carbons (Fsp3) is 0.333. The highest BCUT2D eigenvalue weighted by molar-refractivity contribution is 6.05. The summed E-state index contributed by atoms with van der Waals surface area (Å²) in [6.07, 6.45) is 6.86. The Morgan fingerprint density at radius 2 is 1.77 bits per heavy atom. The van der Waals surface area contributed by atoms with E-state index >= 15 is 0 Å². The highest BCUT2D eigenvalue weighted by Crippen LogP contribution is 2.35. The minimum absolute atomic E-state index is 0.0650. The van der Waals surface area contributed by atoms with Crippen molar-refractivity contribution in [3.8, 4) is 11.5 Å². The second-order valence-electron chi connectivity index (χ2n) is 9.90. The molecule has 208 valence electrons. The van der Waals surface area contributed by atoms with Gasteiger partial charge in [0.05, 0.1) is 26.5 Å². The van der Waals surface area contributed by atoms with Gasteiger partial charge in [0.15, 0.2) is 5.78 Å². The molecule has 3 aromatic rings. The van der Waals surface area contributed by atoms with E-state index in [1.165, 1.54) is 30.2 Å². The zero-order valence-electron chi connectivity index (χ0n) is 23.1. The molecule has 10 nitrogen and oxygen atoms in total. The number of carbonyl (C=O) groups is 2. The molecule has 0 radical (unpaired) electrons. The quantitative estimate of drug-likeness (QED) is 0.373. The summed E-state index contributed by atoms with van der Waals surface area (Å²) in [7, 11) is 4.82. The number of nitrogens with zero attached hydrogens (tertiary/aromatic N) is 5. The van der Waals surface area contributed by atoms with Crippen molar-refractivity contribution in [1.82, 2.24) is 9.97 Å². The Morgan fingerprint density at radius 1 is 1.05 bits per heavy atom. The molecule has 3 heterocycles. The van der Waals surface area contributed by atoms with E-state index in [9.17, 15) is 9.59 Å². The Labute approximate surface area is 234 Å². The van der Waals surface area contributed by atoms with Gasteiger partial charge in [0.2, 0.25) is 5.95 Å². The van der Waals surface area contributed by atoms with Crippen molar-refractivity contribution < 1.29 is 19.1 Å². The SMILES string of the molecule is C=CC(=O)Cc1cc(N2CCCCC2)ccc1Nc1ncc2c(n1)N(C)C(=O)N(c1cc(OC)cc(OC)c1)C2. The highest BCUT2D eigenvalue weighted by atomic mass is 16.5. The second kappa shape index (κ2) is 11.6. The molecule has 5 rings (SSSR count). The number of methoxy groups -OCH3 is 2. The van der Waals surface area contributed by atoms with Crippen LogP contribution in [0.15, 0.2) is 55.3 Å². The number of aromatic nitrogens is 2. The standard InChI is InChI=1S/C30H34N6O4/c1-5-24(37)14-20-13-22(35-11-7-6-8-12-35)9-10-27(20)32-29-31-18-21-19-36(30(38)34(2)28(21)33-29)23-15-25(39-3)17-26(16-23)40-4/h5,9-10,13,15-18H,1,6-8,11-12,14,19H2,2-4H3,(H,31,32,33). The summed E-state index contributed by atoms with van der Waals surface area (Å²) in [4.78, 5) is 40.4. The third kappa shape index (κ3) is 5.56. The van der Waals surface area contributed by atoms with Crippen LogP contribution in [-0.2, 0) is 17.8 Å². The summed E-state index contributed by atoms with van der Waals surface area (Å²) >= 11 is 0. The number of benzene rings is 2. The van der Waals surface area contributed by atoms with Crippen LogP contribution in [-0.4, -0.2) is 56.1 Å². The number of ketones is 1. The predicted octanol–water partition coefficient (Wildman–Crippen LogP) is 5.10. The maximum atomic E-state index is 13.4. The van der Waals surface area contributed by atoms with Crippen molar-refractivity contribution in [2.45, 2.75) is 32.2 Å². The highest BCUT2D eigenvalue weighted by Gasteiger charge is 2.31. The average Bonchev–Trinajstić information content (AvgIpc) is 3.00. The molecule has 2 aliphatic heterocycles. The van der Waals surface area contributed by atoms with Gasteiger partial charge >= 0.3 is 6.03 Å². The van der Waals surface area contributed by atoms with E-state index in [1.54, 1.807) is 50.6 Å². The third-order valence-corrected chi connectivity index (χ3v) is 7.30. The van der Waals surface area contributed by atoms with Crippen LogP contribution >= 0.6 is 0 Å². The predicted molar refractivity (Wildman–Crippen MR) is 156 cm³/mol. The van der Waals surface area contributed by atoms with Crippen molar-refractivity contribution in [2.24, 2.45) is 0 Å². The maximum Gasteiger partial charge on any atom is 0.330 e. The molecule has 2 aromatic carbocycles. The zero-order chi connectivity index (χ0) is 28.2. The van der Waals surface area contributed by atoms with Gasteiger partial charge < -0.3 is 19.7 Å². The van der Waals surface area contributed by atoms with Gasteiger partial charge in [-0.25, -0.2) is 9.78 Å². The van der Waals surface area contributed by atoms with Crippen LogP contribution in [0.4, 0.5) is 33.6 Å². The molecule has 1 N–H and O–H groups in total. The van der Waals surface area contributed by atoms with E-state index in [1.807, 2.05) is 6.07 Å². The normalized spacial score (nSPS) is 15.0. The van der Waals surface area contributed by atoms with Crippen molar-refractivity contribution in [2.75, 3.05) is 54.4 Å². The summed E-state index contributed by atoms with van der Waals surface area (Å²) in [5.74, 6) is 1.96. The number of hydrogen-bond donors (Lipinski definition) is 1. The largest absolute Gasteiger partial charge is 0.497 e. The van der Waals surface area contributed by atoms with Crippen LogP contribution in [0.5, 0.6) is 11.5 Å². The number of carbonyl (C=O) groups excluding carboxylic acids is 2.